The van der Waals surface area contributed by atoms with E-state index in [-0.39, 0.29) is 19.0 Å². The van der Waals surface area contributed by atoms with Crippen molar-refractivity contribution in [1.29, 1.82) is 0 Å². The summed E-state index contributed by atoms with van der Waals surface area (Å²) in [4.78, 5) is -0.580. The molecule has 1 rings (SSSR count). The summed E-state index contributed by atoms with van der Waals surface area (Å²) in [6, 6.07) is 2.32. The van der Waals surface area contributed by atoms with Crippen molar-refractivity contribution in [3.63, 3.8) is 0 Å². The summed E-state index contributed by atoms with van der Waals surface area (Å²) in [6.07, 6.45) is 1.16. The minimum absolute atomic E-state index is 0. The Balaban J connectivity index is 0.00000361. The van der Waals surface area contributed by atoms with Gasteiger partial charge in [-0.1, -0.05) is 13.8 Å². The average Bonchev–Trinajstić information content (AvgIpc) is 2.35. The normalized spacial score (nSPS) is 12.1. The van der Waals surface area contributed by atoms with Crippen LogP contribution in [-0.4, -0.2) is 20.5 Å². The first kappa shape index (κ1) is 19.2. The Morgan fingerprint density at radius 1 is 1.25 bits per heavy atom. The van der Waals surface area contributed by atoms with E-state index in [9.17, 15) is 17.2 Å². The molecule has 0 aromatic heterocycles. The van der Waals surface area contributed by atoms with Crippen LogP contribution in [0.3, 0.4) is 0 Å². The van der Waals surface area contributed by atoms with Gasteiger partial charge in [-0.15, -0.1) is 12.4 Å². The van der Waals surface area contributed by atoms with Crippen LogP contribution in [0.2, 0.25) is 0 Å². The van der Waals surface area contributed by atoms with Gasteiger partial charge in [0.2, 0.25) is 10.0 Å². The molecule has 3 N–H and O–H groups in total. The van der Waals surface area contributed by atoms with Gasteiger partial charge in [0, 0.05) is 18.2 Å². The first-order chi connectivity index (χ1) is 8.74. The monoisotopic (exact) mass is 328 g/mol. The molecule has 0 amide bonds. The Morgan fingerprint density at radius 2 is 1.80 bits per heavy atom. The van der Waals surface area contributed by atoms with E-state index in [1.807, 2.05) is 13.8 Å². The first-order valence-electron chi connectivity index (χ1n) is 5.97. The Morgan fingerprint density at radius 3 is 2.25 bits per heavy atom. The van der Waals surface area contributed by atoms with Gasteiger partial charge in [-0.05, 0) is 25.0 Å². The lowest BCUT2D eigenvalue weighted by molar-refractivity contribution is 0.391. The average molecular weight is 329 g/mol. The Hall–Kier alpha value is -0.760. The highest BCUT2D eigenvalue weighted by molar-refractivity contribution is 7.89. The van der Waals surface area contributed by atoms with Crippen LogP contribution < -0.4 is 10.5 Å². The number of sulfonamides is 1. The van der Waals surface area contributed by atoms with Gasteiger partial charge in [0.05, 0.1) is 0 Å². The van der Waals surface area contributed by atoms with Crippen molar-refractivity contribution < 1.29 is 17.2 Å². The summed E-state index contributed by atoms with van der Waals surface area (Å²) in [5, 5.41) is 0. The fourth-order valence-electron chi connectivity index (χ4n) is 1.51. The number of hydrogen-bond donors (Lipinski definition) is 2. The molecular formula is C12H19ClF2N2O2S. The molecular weight excluding hydrogens is 310 g/mol. The van der Waals surface area contributed by atoms with Crippen LogP contribution in [0, 0.1) is 11.6 Å². The fraction of sp³-hybridized carbons (Fsp3) is 0.500. The van der Waals surface area contributed by atoms with E-state index in [4.69, 9.17) is 5.73 Å². The third-order valence-corrected chi connectivity index (χ3v) is 4.64. The van der Waals surface area contributed by atoms with Crippen LogP contribution >= 0.6 is 12.4 Å². The molecule has 1 aromatic rings. The number of nitrogens with one attached hydrogen (secondary N) is 1. The summed E-state index contributed by atoms with van der Waals surface area (Å²) >= 11 is 0. The molecule has 116 valence electrons. The lowest BCUT2D eigenvalue weighted by Gasteiger charge is -2.26. The van der Waals surface area contributed by atoms with Crippen molar-refractivity contribution in [2.24, 2.45) is 5.73 Å². The van der Waals surface area contributed by atoms with E-state index in [2.05, 4.69) is 4.72 Å². The molecule has 8 heteroatoms. The Bertz CT molecular complexity index is 548. The maximum absolute atomic E-state index is 13.4. The minimum Gasteiger partial charge on any atom is -0.324 e. The molecule has 0 saturated carbocycles. The predicted molar refractivity (Wildman–Crippen MR) is 76.3 cm³/mol. The van der Waals surface area contributed by atoms with E-state index in [1.165, 1.54) is 0 Å². The molecule has 4 nitrogen and oxygen atoms in total. The maximum atomic E-state index is 13.4. The van der Waals surface area contributed by atoms with Crippen LogP contribution in [0.25, 0.3) is 0 Å². The smallest absolute Gasteiger partial charge is 0.243 e. The largest absolute Gasteiger partial charge is 0.324 e. The van der Waals surface area contributed by atoms with Crippen molar-refractivity contribution in [3.8, 4) is 0 Å². The highest BCUT2D eigenvalue weighted by Crippen LogP contribution is 2.17. The van der Waals surface area contributed by atoms with E-state index in [0.29, 0.717) is 18.9 Å². The summed E-state index contributed by atoms with van der Waals surface area (Å²) in [5.41, 5.74) is 5.29. The van der Waals surface area contributed by atoms with Crippen molar-refractivity contribution in [3.05, 3.63) is 29.8 Å². The zero-order valence-electron chi connectivity index (χ0n) is 11.3. The third kappa shape index (κ3) is 4.66. The molecule has 0 heterocycles. The van der Waals surface area contributed by atoms with Gasteiger partial charge in [-0.3, -0.25) is 0 Å². The number of halogens is 3. The lowest BCUT2D eigenvalue weighted by atomic mass is 9.95. The van der Waals surface area contributed by atoms with Crippen LogP contribution in [0.15, 0.2) is 23.1 Å². The number of rotatable bonds is 6. The number of hydrogen-bond acceptors (Lipinski definition) is 3. The minimum atomic E-state index is -4.03. The van der Waals surface area contributed by atoms with Gasteiger partial charge in [-0.25, -0.2) is 21.9 Å². The second-order valence-corrected chi connectivity index (χ2v) is 6.20. The van der Waals surface area contributed by atoms with Crippen molar-refractivity contribution in [2.45, 2.75) is 37.1 Å². The molecule has 1 aromatic carbocycles. The van der Waals surface area contributed by atoms with Gasteiger partial charge in [0.15, 0.2) is 0 Å². The standard InChI is InChI=1S/C12H18F2N2O2S.ClH/c1-3-12(15,4-2)8-16-19(17,18)11-6-5-9(13)7-10(11)14;/h5-7,16H,3-4,8,15H2,1-2H3;1H. The van der Waals surface area contributed by atoms with Gasteiger partial charge in [-0.2, -0.15) is 0 Å². The van der Waals surface area contributed by atoms with Crippen LogP contribution in [0.5, 0.6) is 0 Å². The molecule has 0 bridgehead atoms. The quantitative estimate of drug-likeness (QED) is 0.840. The SMILES string of the molecule is CCC(N)(CC)CNS(=O)(=O)c1ccc(F)cc1F.Cl. The molecule has 0 radical (unpaired) electrons. The second-order valence-electron chi connectivity index (χ2n) is 4.47. The molecule has 0 fully saturated rings. The number of benzene rings is 1. The molecule has 20 heavy (non-hydrogen) atoms. The molecule has 0 atom stereocenters. The van der Waals surface area contributed by atoms with E-state index in [0.717, 1.165) is 12.1 Å². The van der Waals surface area contributed by atoms with Crippen LogP contribution in [-0.2, 0) is 10.0 Å². The second kappa shape index (κ2) is 7.31. The van der Waals surface area contributed by atoms with Crippen molar-refractivity contribution in [2.75, 3.05) is 6.54 Å². The van der Waals surface area contributed by atoms with Crippen LogP contribution in [0.4, 0.5) is 8.78 Å². The highest BCUT2D eigenvalue weighted by Gasteiger charge is 2.25. The molecule has 0 aliphatic carbocycles. The van der Waals surface area contributed by atoms with Gasteiger partial charge in [0.25, 0.3) is 0 Å². The predicted octanol–water partition coefficient (Wildman–Crippen LogP) is 2.18. The third-order valence-electron chi connectivity index (χ3n) is 3.21. The molecule has 0 spiro atoms. The summed E-state index contributed by atoms with van der Waals surface area (Å²) < 4.78 is 52.3. The van der Waals surface area contributed by atoms with E-state index in [1.54, 1.807) is 0 Å². The molecule has 0 unspecified atom stereocenters. The summed E-state index contributed by atoms with van der Waals surface area (Å²) in [7, 11) is -4.03. The zero-order valence-corrected chi connectivity index (χ0v) is 13.0. The fourth-order valence-corrected chi connectivity index (χ4v) is 2.71. The van der Waals surface area contributed by atoms with Crippen LogP contribution in [0.1, 0.15) is 26.7 Å². The molecule has 0 saturated heterocycles. The summed E-state index contributed by atoms with van der Waals surface area (Å²) in [6.45, 7) is 3.69. The highest BCUT2D eigenvalue weighted by atomic mass is 35.5. The van der Waals surface area contributed by atoms with Crippen molar-refractivity contribution in [1.82, 2.24) is 4.72 Å². The Kier molecular flexibility index (Phi) is 7.03. The number of nitrogens with two attached hydrogens (primary N) is 1. The van der Waals surface area contributed by atoms with Gasteiger partial charge >= 0.3 is 0 Å². The first-order valence-corrected chi connectivity index (χ1v) is 7.46. The Labute approximate surface area is 124 Å². The van der Waals surface area contributed by atoms with E-state index >= 15 is 0 Å². The maximum Gasteiger partial charge on any atom is 0.243 e. The zero-order chi connectivity index (χ0) is 14.7. The van der Waals surface area contributed by atoms with E-state index < -0.39 is 32.1 Å². The van der Waals surface area contributed by atoms with Gasteiger partial charge < -0.3 is 5.73 Å². The topological polar surface area (TPSA) is 72.2 Å². The van der Waals surface area contributed by atoms with Crippen molar-refractivity contribution >= 4 is 22.4 Å². The lowest BCUT2D eigenvalue weighted by Crippen LogP contribution is -2.49. The van der Waals surface area contributed by atoms with Gasteiger partial charge in [0.1, 0.15) is 16.5 Å². The summed E-state index contributed by atoms with van der Waals surface area (Å²) in [5.74, 6) is -1.95. The molecule has 0 aliphatic heterocycles. The molecule has 0 aliphatic rings.